The van der Waals surface area contributed by atoms with Crippen LogP contribution in [0.1, 0.15) is 23.6 Å². The van der Waals surface area contributed by atoms with Crippen molar-refractivity contribution in [2.45, 2.75) is 12.5 Å². The molecule has 0 radical (unpaired) electrons. The van der Waals surface area contributed by atoms with Gasteiger partial charge in [0.2, 0.25) is 0 Å². The molecule has 1 N–H and O–H groups in total. The van der Waals surface area contributed by atoms with Gasteiger partial charge in [-0.15, -0.1) is 0 Å². The molecule has 1 fully saturated rings. The number of likely N-dealkylation sites (tertiary alicyclic amines) is 1. The molecule has 2 aromatic carbocycles. The van der Waals surface area contributed by atoms with Gasteiger partial charge in [0.05, 0.1) is 36.4 Å². The first-order chi connectivity index (χ1) is 15.3. The number of ketones is 1. The minimum Gasteiger partial charge on any atom is -0.507 e. The number of rotatable bonds is 8. The lowest BCUT2D eigenvalue weighted by Crippen LogP contribution is -2.31. The molecule has 1 aliphatic rings. The molecule has 1 heterocycles. The van der Waals surface area contributed by atoms with Crippen LogP contribution >= 0.6 is 23.2 Å². The van der Waals surface area contributed by atoms with Gasteiger partial charge in [-0.2, -0.15) is 0 Å². The van der Waals surface area contributed by atoms with E-state index >= 15 is 0 Å². The summed E-state index contributed by atoms with van der Waals surface area (Å²) in [7, 11) is 4.40. The van der Waals surface area contributed by atoms with Crippen molar-refractivity contribution in [3.05, 3.63) is 63.1 Å². The fourth-order valence-corrected chi connectivity index (χ4v) is 4.03. The number of aliphatic hydroxyl groups is 1. The number of methoxy groups -OCH3 is 3. The number of Topliss-reactive ketones (excluding diaryl/α,β-unsaturated/α-hetero) is 1. The maximum atomic E-state index is 13.1. The van der Waals surface area contributed by atoms with Gasteiger partial charge >= 0.3 is 0 Å². The maximum Gasteiger partial charge on any atom is 0.295 e. The minimum atomic E-state index is -0.810. The van der Waals surface area contributed by atoms with Crippen LogP contribution in [0.5, 0.6) is 11.5 Å². The second-order valence-electron chi connectivity index (χ2n) is 7.08. The Morgan fingerprint density at radius 1 is 1.03 bits per heavy atom. The third-order valence-corrected chi connectivity index (χ3v) is 5.75. The van der Waals surface area contributed by atoms with Gasteiger partial charge < -0.3 is 24.2 Å². The number of nitrogens with zero attached hydrogens (tertiary/aromatic N) is 1. The van der Waals surface area contributed by atoms with Crippen molar-refractivity contribution < 1.29 is 28.9 Å². The standard InChI is InChI=1S/C23H23Cl2NO6/c1-30-10-4-9-26-20(13-5-7-14(24)8-6-13)19(22(28)23(26)29)21(27)15-11-18(32-3)16(25)12-17(15)31-2/h5-8,11-12,20,27H,4,9-10H2,1-3H3/b21-19+. The highest BCUT2D eigenvalue weighted by atomic mass is 35.5. The second-order valence-corrected chi connectivity index (χ2v) is 7.92. The summed E-state index contributed by atoms with van der Waals surface area (Å²) in [5.74, 6) is -1.37. The molecule has 170 valence electrons. The molecular formula is C23H23Cl2NO6. The van der Waals surface area contributed by atoms with E-state index in [-0.39, 0.29) is 40.0 Å². The lowest BCUT2D eigenvalue weighted by molar-refractivity contribution is -0.140. The third-order valence-electron chi connectivity index (χ3n) is 5.20. The quantitative estimate of drug-likeness (QED) is 0.260. The number of hydrogen-bond donors (Lipinski definition) is 1. The lowest BCUT2D eigenvalue weighted by atomic mass is 9.95. The molecule has 32 heavy (non-hydrogen) atoms. The Labute approximate surface area is 196 Å². The number of benzene rings is 2. The first-order valence-electron chi connectivity index (χ1n) is 9.78. The normalized spacial score (nSPS) is 17.7. The molecule has 1 amide bonds. The Bertz CT molecular complexity index is 1050. The molecule has 1 saturated heterocycles. The molecule has 0 saturated carbocycles. The van der Waals surface area contributed by atoms with E-state index < -0.39 is 17.7 Å². The van der Waals surface area contributed by atoms with Gasteiger partial charge in [-0.1, -0.05) is 35.3 Å². The van der Waals surface area contributed by atoms with Crippen molar-refractivity contribution in [1.29, 1.82) is 0 Å². The fraction of sp³-hybridized carbons (Fsp3) is 0.304. The second kappa shape index (κ2) is 10.3. The Kier molecular flexibility index (Phi) is 7.66. The van der Waals surface area contributed by atoms with Gasteiger partial charge in [0.25, 0.3) is 11.7 Å². The van der Waals surface area contributed by atoms with E-state index in [2.05, 4.69) is 0 Å². The van der Waals surface area contributed by atoms with Crippen LogP contribution < -0.4 is 9.47 Å². The predicted molar refractivity (Wildman–Crippen MR) is 122 cm³/mol. The summed E-state index contributed by atoms with van der Waals surface area (Å²) < 4.78 is 15.7. The Hall–Kier alpha value is -2.74. The van der Waals surface area contributed by atoms with Crippen molar-refractivity contribution in [2.75, 3.05) is 34.5 Å². The lowest BCUT2D eigenvalue weighted by Gasteiger charge is -2.25. The van der Waals surface area contributed by atoms with Crippen LogP contribution in [0.25, 0.3) is 5.76 Å². The molecule has 0 spiro atoms. The number of ether oxygens (including phenoxy) is 3. The summed E-state index contributed by atoms with van der Waals surface area (Å²) in [4.78, 5) is 27.4. The number of aliphatic hydroxyl groups excluding tert-OH is 1. The first-order valence-corrected chi connectivity index (χ1v) is 10.5. The topological polar surface area (TPSA) is 85.3 Å². The van der Waals surface area contributed by atoms with Gasteiger partial charge in [0.1, 0.15) is 17.3 Å². The van der Waals surface area contributed by atoms with E-state index in [0.717, 1.165) is 0 Å². The Morgan fingerprint density at radius 3 is 2.28 bits per heavy atom. The fourth-order valence-electron chi connectivity index (χ4n) is 3.67. The van der Waals surface area contributed by atoms with Crippen LogP contribution in [0.2, 0.25) is 10.0 Å². The third kappa shape index (κ3) is 4.55. The number of halogens is 2. The van der Waals surface area contributed by atoms with E-state index in [9.17, 15) is 14.7 Å². The van der Waals surface area contributed by atoms with Crippen molar-refractivity contribution in [3.8, 4) is 11.5 Å². The molecule has 0 bridgehead atoms. The van der Waals surface area contributed by atoms with E-state index in [4.69, 9.17) is 37.4 Å². The Balaban J connectivity index is 2.21. The van der Waals surface area contributed by atoms with Gasteiger partial charge in [0, 0.05) is 31.4 Å². The molecule has 0 aliphatic carbocycles. The highest BCUT2D eigenvalue weighted by molar-refractivity contribution is 6.46. The first kappa shape index (κ1) is 23.9. The molecule has 2 aromatic rings. The van der Waals surface area contributed by atoms with Gasteiger partial charge in [-0.25, -0.2) is 0 Å². The zero-order chi connectivity index (χ0) is 23.4. The van der Waals surface area contributed by atoms with Gasteiger partial charge in [-0.05, 0) is 30.2 Å². The summed E-state index contributed by atoms with van der Waals surface area (Å²) in [5, 5.41) is 12.0. The number of carbonyl (C=O) groups excluding carboxylic acids is 2. The van der Waals surface area contributed by atoms with Crippen LogP contribution in [0.15, 0.2) is 42.0 Å². The molecule has 0 aromatic heterocycles. The Morgan fingerprint density at radius 2 is 1.69 bits per heavy atom. The van der Waals surface area contributed by atoms with Gasteiger partial charge in [-0.3, -0.25) is 9.59 Å². The van der Waals surface area contributed by atoms with Crippen molar-refractivity contribution >= 4 is 40.7 Å². The van der Waals surface area contributed by atoms with E-state index in [1.54, 1.807) is 31.4 Å². The molecule has 3 rings (SSSR count). The number of amides is 1. The smallest absolute Gasteiger partial charge is 0.295 e. The number of carbonyl (C=O) groups is 2. The van der Waals surface area contributed by atoms with E-state index in [0.29, 0.717) is 23.6 Å². The molecular weight excluding hydrogens is 457 g/mol. The van der Waals surface area contributed by atoms with Crippen LogP contribution in [0.4, 0.5) is 0 Å². The SMILES string of the molecule is COCCCN1C(=O)C(=O)/C(=C(/O)c2cc(OC)c(Cl)cc2OC)C1c1ccc(Cl)cc1. The number of hydrogen-bond acceptors (Lipinski definition) is 6. The molecule has 1 unspecified atom stereocenters. The maximum absolute atomic E-state index is 13.1. The summed E-state index contributed by atoms with van der Waals surface area (Å²) in [5.41, 5.74) is 0.757. The minimum absolute atomic E-state index is 0.0579. The monoisotopic (exact) mass is 479 g/mol. The predicted octanol–water partition coefficient (Wildman–Crippen LogP) is 4.47. The van der Waals surface area contributed by atoms with Crippen LogP contribution in [-0.4, -0.2) is 56.2 Å². The van der Waals surface area contributed by atoms with Crippen LogP contribution in [0.3, 0.4) is 0 Å². The molecule has 7 nitrogen and oxygen atoms in total. The summed E-state index contributed by atoms with van der Waals surface area (Å²) >= 11 is 12.2. The van der Waals surface area contributed by atoms with Crippen molar-refractivity contribution in [1.82, 2.24) is 4.90 Å². The molecule has 1 atom stereocenters. The van der Waals surface area contributed by atoms with E-state index in [1.165, 1.54) is 31.3 Å². The average molecular weight is 480 g/mol. The van der Waals surface area contributed by atoms with Crippen LogP contribution in [0, 0.1) is 0 Å². The highest BCUT2D eigenvalue weighted by Crippen LogP contribution is 2.43. The van der Waals surface area contributed by atoms with Crippen molar-refractivity contribution in [3.63, 3.8) is 0 Å². The highest BCUT2D eigenvalue weighted by Gasteiger charge is 2.46. The van der Waals surface area contributed by atoms with Crippen LogP contribution in [-0.2, 0) is 14.3 Å². The zero-order valence-electron chi connectivity index (χ0n) is 17.9. The summed E-state index contributed by atoms with van der Waals surface area (Å²) in [6.07, 6.45) is 0.520. The largest absolute Gasteiger partial charge is 0.507 e. The van der Waals surface area contributed by atoms with Crippen molar-refractivity contribution in [2.24, 2.45) is 0 Å². The average Bonchev–Trinajstić information content (AvgIpc) is 3.04. The summed E-state index contributed by atoms with van der Waals surface area (Å²) in [6, 6.07) is 8.89. The molecule has 9 heteroatoms. The van der Waals surface area contributed by atoms with Gasteiger partial charge in [0.15, 0.2) is 0 Å². The zero-order valence-corrected chi connectivity index (χ0v) is 19.4. The summed E-state index contributed by atoms with van der Waals surface area (Å²) in [6.45, 7) is 0.683. The van der Waals surface area contributed by atoms with E-state index in [1.807, 2.05) is 0 Å². The molecule has 1 aliphatic heterocycles.